The Morgan fingerprint density at radius 1 is 0.943 bits per heavy atom. The van der Waals surface area contributed by atoms with Crippen molar-refractivity contribution < 1.29 is 32.2 Å². The van der Waals surface area contributed by atoms with Crippen molar-refractivity contribution >= 4 is 46.8 Å². The van der Waals surface area contributed by atoms with Crippen LogP contribution in [-0.2, 0) is 27.1 Å². The number of esters is 1. The zero-order valence-corrected chi connectivity index (χ0v) is 19.5. The first-order chi connectivity index (χ1) is 16.6. The standard InChI is InChI=1S/C25H18Cl2F3NO4/c26-20-4-2-1-3-17(20)14-34-19-9-5-16(6-10-19)7-12-24(33)35-15-23(32)31-22-13-18(25(28,29)30)8-11-21(22)27/h1-13H,14-15H2,(H,31,32)/b12-7+. The fourth-order valence-corrected chi connectivity index (χ4v) is 3.14. The number of hydrogen-bond acceptors (Lipinski definition) is 4. The minimum absolute atomic E-state index is 0.0862. The van der Waals surface area contributed by atoms with Gasteiger partial charge in [-0.15, -0.1) is 0 Å². The summed E-state index contributed by atoms with van der Waals surface area (Å²) in [5.74, 6) is -1.04. The topological polar surface area (TPSA) is 64.6 Å². The summed E-state index contributed by atoms with van der Waals surface area (Å²) >= 11 is 11.9. The second-order valence-corrected chi connectivity index (χ2v) is 7.95. The third-order valence-electron chi connectivity index (χ3n) is 4.56. The SMILES string of the molecule is O=C(COC(=O)/C=C/c1ccc(OCc2ccccc2Cl)cc1)Nc1cc(C(F)(F)F)ccc1Cl. The largest absolute Gasteiger partial charge is 0.489 e. The highest BCUT2D eigenvalue weighted by molar-refractivity contribution is 6.33. The molecule has 0 aliphatic carbocycles. The van der Waals surface area contributed by atoms with Gasteiger partial charge in [-0.05, 0) is 48.0 Å². The van der Waals surface area contributed by atoms with Gasteiger partial charge in [0.1, 0.15) is 12.4 Å². The van der Waals surface area contributed by atoms with Gasteiger partial charge in [0.25, 0.3) is 5.91 Å². The molecule has 0 atom stereocenters. The maximum absolute atomic E-state index is 12.8. The van der Waals surface area contributed by atoms with Crippen LogP contribution in [0.5, 0.6) is 5.75 Å². The molecule has 0 aliphatic rings. The smallest absolute Gasteiger partial charge is 0.416 e. The highest BCUT2D eigenvalue weighted by Gasteiger charge is 2.31. The van der Waals surface area contributed by atoms with E-state index in [2.05, 4.69) is 5.32 Å². The Hall–Kier alpha value is -3.49. The van der Waals surface area contributed by atoms with Crippen molar-refractivity contribution in [2.75, 3.05) is 11.9 Å². The summed E-state index contributed by atoms with van der Waals surface area (Å²) < 4.78 is 49.0. The molecule has 35 heavy (non-hydrogen) atoms. The molecule has 0 saturated heterocycles. The predicted molar refractivity (Wildman–Crippen MR) is 127 cm³/mol. The molecule has 0 unspecified atom stereocenters. The fraction of sp³-hybridized carbons (Fsp3) is 0.120. The molecular weight excluding hydrogens is 506 g/mol. The summed E-state index contributed by atoms with van der Waals surface area (Å²) in [5, 5.41) is 2.71. The van der Waals surface area contributed by atoms with Crippen molar-refractivity contribution in [3.8, 4) is 5.75 Å². The maximum atomic E-state index is 12.8. The Labute approximate surface area is 209 Å². The summed E-state index contributed by atoms with van der Waals surface area (Å²) in [6.45, 7) is -0.403. The van der Waals surface area contributed by atoms with Crippen LogP contribution in [0, 0.1) is 0 Å². The maximum Gasteiger partial charge on any atom is 0.416 e. The van der Waals surface area contributed by atoms with Gasteiger partial charge in [-0.3, -0.25) is 4.79 Å². The number of carbonyl (C=O) groups is 2. The zero-order valence-electron chi connectivity index (χ0n) is 17.9. The molecule has 182 valence electrons. The third-order valence-corrected chi connectivity index (χ3v) is 5.26. The number of alkyl halides is 3. The minimum atomic E-state index is -4.60. The first-order valence-corrected chi connectivity index (χ1v) is 10.8. The predicted octanol–water partition coefficient (Wildman–Crippen LogP) is 6.79. The molecule has 0 aliphatic heterocycles. The monoisotopic (exact) mass is 523 g/mol. The molecule has 0 radical (unpaired) electrons. The van der Waals surface area contributed by atoms with Crippen LogP contribution in [0.3, 0.4) is 0 Å². The number of ether oxygens (including phenoxy) is 2. The van der Waals surface area contributed by atoms with E-state index in [1.807, 2.05) is 18.2 Å². The number of hydrogen-bond donors (Lipinski definition) is 1. The number of anilines is 1. The lowest BCUT2D eigenvalue weighted by Gasteiger charge is -2.11. The molecule has 3 aromatic rings. The van der Waals surface area contributed by atoms with Gasteiger partial charge in [0.15, 0.2) is 6.61 Å². The molecule has 0 saturated carbocycles. The van der Waals surface area contributed by atoms with Gasteiger partial charge in [0.05, 0.1) is 16.3 Å². The van der Waals surface area contributed by atoms with E-state index in [4.69, 9.17) is 32.7 Å². The van der Waals surface area contributed by atoms with Crippen molar-refractivity contribution in [3.63, 3.8) is 0 Å². The van der Waals surface area contributed by atoms with E-state index in [0.29, 0.717) is 29.0 Å². The van der Waals surface area contributed by atoms with Crippen LogP contribution in [-0.4, -0.2) is 18.5 Å². The lowest BCUT2D eigenvalue weighted by atomic mass is 10.2. The molecule has 0 spiro atoms. The Balaban J connectivity index is 1.47. The fourth-order valence-electron chi connectivity index (χ4n) is 2.78. The van der Waals surface area contributed by atoms with Crippen LogP contribution < -0.4 is 10.1 Å². The summed E-state index contributed by atoms with van der Waals surface area (Å²) in [4.78, 5) is 23.8. The van der Waals surface area contributed by atoms with Crippen molar-refractivity contribution in [2.24, 2.45) is 0 Å². The third kappa shape index (κ3) is 8.05. The van der Waals surface area contributed by atoms with Crippen molar-refractivity contribution in [2.45, 2.75) is 12.8 Å². The molecule has 0 heterocycles. The van der Waals surface area contributed by atoms with E-state index >= 15 is 0 Å². The highest BCUT2D eigenvalue weighted by atomic mass is 35.5. The van der Waals surface area contributed by atoms with Gasteiger partial charge in [-0.1, -0.05) is 53.5 Å². The first kappa shape index (κ1) is 26.1. The van der Waals surface area contributed by atoms with Gasteiger partial charge in [-0.25, -0.2) is 4.79 Å². The molecule has 0 fully saturated rings. The molecular formula is C25H18Cl2F3NO4. The number of benzene rings is 3. The average Bonchev–Trinajstić information content (AvgIpc) is 2.82. The van der Waals surface area contributed by atoms with Crippen LogP contribution in [0.4, 0.5) is 18.9 Å². The minimum Gasteiger partial charge on any atom is -0.489 e. The van der Waals surface area contributed by atoms with Gasteiger partial charge in [0.2, 0.25) is 0 Å². The lowest BCUT2D eigenvalue weighted by molar-refractivity contribution is -0.142. The second kappa shape index (κ2) is 11.8. The molecule has 1 N–H and O–H groups in total. The summed E-state index contributed by atoms with van der Waals surface area (Å²) in [6, 6.07) is 16.7. The zero-order chi connectivity index (χ0) is 25.4. The first-order valence-electron chi connectivity index (χ1n) is 10.1. The number of amides is 1. The van der Waals surface area contributed by atoms with Crippen LogP contribution >= 0.6 is 23.2 Å². The Morgan fingerprint density at radius 3 is 2.34 bits per heavy atom. The Bertz CT molecular complexity index is 1230. The Morgan fingerprint density at radius 2 is 1.66 bits per heavy atom. The van der Waals surface area contributed by atoms with E-state index in [1.165, 1.54) is 6.08 Å². The van der Waals surface area contributed by atoms with Crippen LogP contribution in [0.25, 0.3) is 6.08 Å². The number of halogens is 5. The van der Waals surface area contributed by atoms with E-state index in [9.17, 15) is 22.8 Å². The van der Waals surface area contributed by atoms with Crippen LogP contribution in [0.2, 0.25) is 10.0 Å². The van der Waals surface area contributed by atoms with E-state index in [1.54, 1.807) is 30.3 Å². The summed E-state index contributed by atoms with van der Waals surface area (Å²) in [7, 11) is 0. The van der Waals surface area contributed by atoms with Gasteiger partial charge in [0, 0.05) is 16.7 Å². The molecule has 3 rings (SSSR count). The molecule has 1 amide bonds. The highest BCUT2D eigenvalue weighted by Crippen LogP contribution is 2.33. The van der Waals surface area contributed by atoms with Gasteiger partial charge in [-0.2, -0.15) is 13.2 Å². The normalized spacial score (nSPS) is 11.3. The lowest BCUT2D eigenvalue weighted by Crippen LogP contribution is -2.20. The second-order valence-electron chi connectivity index (χ2n) is 7.13. The molecule has 3 aromatic carbocycles. The van der Waals surface area contributed by atoms with Crippen molar-refractivity contribution in [1.82, 2.24) is 0 Å². The van der Waals surface area contributed by atoms with E-state index in [-0.39, 0.29) is 10.7 Å². The van der Waals surface area contributed by atoms with Crippen LogP contribution in [0.1, 0.15) is 16.7 Å². The summed E-state index contributed by atoms with van der Waals surface area (Å²) in [6.07, 6.45) is -2.01. The van der Waals surface area contributed by atoms with Gasteiger partial charge >= 0.3 is 12.1 Å². The van der Waals surface area contributed by atoms with Crippen molar-refractivity contribution in [1.29, 1.82) is 0 Å². The molecule has 0 bridgehead atoms. The number of nitrogens with one attached hydrogen (secondary N) is 1. The Kier molecular flexibility index (Phi) is 8.78. The molecule has 0 aromatic heterocycles. The van der Waals surface area contributed by atoms with Gasteiger partial charge < -0.3 is 14.8 Å². The van der Waals surface area contributed by atoms with Crippen LogP contribution in [0.15, 0.2) is 72.8 Å². The number of carbonyl (C=O) groups excluding carboxylic acids is 2. The summed E-state index contributed by atoms with van der Waals surface area (Å²) in [5.41, 5.74) is 0.305. The quantitative estimate of drug-likeness (QED) is 0.261. The van der Waals surface area contributed by atoms with E-state index < -0.39 is 30.2 Å². The van der Waals surface area contributed by atoms with E-state index in [0.717, 1.165) is 23.8 Å². The number of rotatable bonds is 8. The average molecular weight is 524 g/mol. The molecule has 10 heteroatoms. The molecule has 5 nitrogen and oxygen atoms in total. The van der Waals surface area contributed by atoms with Crippen molar-refractivity contribution in [3.05, 3.63) is 99.5 Å².